The van der Waals surface area contributed by atoms with Crippen molar-refractivity contribution < 1.29 is 13.2 Å². The van der Waals surface area contributed by atoms with Crippen molar-refractivity contribution in [1.29, 1.82) is 0 Å². The molecule has 0 aromatic heterocycles. The average Bonchev–Trinajstić information content (AvgIpc) is 3.14. The van der Waals surface area contributed by atoms with Gasteiger partial charge in [-0.05, 0) is 37.0 Å². The van der Waals surface area contributed by atoms with Crippen LogP contribution in [0.4, 0.5) is 0 Å². The van der Waals surface area contributed by atoms with Crippen LogP contribution in [0.2, 0.25) is 5.02 Å². The SMILES string of the molecule is Cc1cc(C(=O)NCCC2CC2)cc(S(=O)(=O)Cl)c1Cl. The van der Waals surface area contributed by atoms with Gasteiger partial charge in [0.15, 0.2) is 0 Å². The zero-order chi connectivity index (χ0) is 14.9. The van der Waals surface area contributed by atoms with Gasteiger partial charge >= 0.3 is 0 Å². The molecule has 4 nitrogen and oxygen atoms in total. The van der Waals surface area contributed by atoms with Crippen LogP contribution in [0.25, 0.3) is 0 Å². The molecule has 1 N–H and O–H groups in total. The predicted octanol–water partition coefficient (Wildman–Crippen LogP) is 3.11. The van der Waals surface area contributed by atoms with Crippen molar-refractivity contribution in [1.82, 2.24) is 5.32 Å². The van der Waals surface area contributed by atoms with E-state index in [1.165, 1.54) is 18.9 Å². The largest absolute Gasteiger partial charge is 0.352 e. The molecule has 0 aliphatic heterocycles. The third-order valence-corrected chi connectivity index (χ3v) is 5.24. The first kappa shape index (κ1) is 15.6. The Morgan fingerprint density at radius 3 is 2.60 bits per heavy atom. The molecule has 0 unspecified atom stereocenters. The molecule has 1 aliphatic rings. The summed E-state index contributed by atoms with van der Waals surface area (Å²) in [5.41, 5.74) is 0.752. The van der Waals surface area contributed by atoms with E-state index in [-0.39, 0.29) is 21.4 Å². The Morgan fingerprint density at radius 2 is 2.05 bits per heavy atom. The van der Waals surface area contributed by atoms with Gasteiger partial charge < -0.3 is 5.32 Å². The summed E-state index contributed by atoms with van der Waals surface area (Å²) in [6, 6.07) is 2.77. The third kappa shape index (κ3) is 3.87. The van der Waals surface area contributed by atoms with Crippen LogP contribution in [0.15, 0.2) is 17.0 Å². The molecule has 110 valence electrons. The van der Waals surface area contributed by atoms with Gasteiger partial charge in [0.2, 0.25) is 0 Å². The first-order valence-corrected chi connectivity index (χ1v) is 9.01. The molecule has 1 aromatic rings. The van der Waals surface area contributed by atoms with Crippen molar-refractivity contribution in [2.45, 2.75) is 31.1 Å². The average molecular weight is 336 g/mol. The number of carbonyl (C=O) groups is 1. The number of aryl methyl sites for hydroxylation is 1. The Balaban J connectivity index is 2.18. The lowest BCUT2D eigenvalue weighted by molar-refractivity contribution is 0.0952. The van der Waals surface area contributed by atoms with E-state index < -0.39 is 9.05 Å². The number of carbonyl (C=O) groups excluding carboxylic acids is 1. The van der Waals surface area contributed by atoms with Crippen molar-refractivity contribution >= 4 is 37.2 Å². The monoisotopic (exact) mass is 335 g/mol. The zero-order valence-electron chi connectivity index (χ0n) is 10.9. The van der Waals surface area contributed by atoms with Gasteiger partial charge in [-0.1, -0.05) is 24.4 Å². The molecule has 0 bridgehead atoms. The highest BCUT2D eigenvalue weighted by Gasteiger charge is 2.22. The topological polar surface area (TPSA) is 63.2 Å². The van der Waals surface area contributed by atoms with Gasteiger partial charge in [-0.2, -0.15) is 0 Å². The van der Waals surface area contributed by atoms with E-state index in [0.717, 1.165) is 12.3 Å². The first-order valence-electron chi connectivity index (χ1n) is 6.32. The molecule has 1 aliphatic carbocycles. The number of amides is 1. The Labute approximate surface area is 127 Å². The van der Waals surface area contributed by atoms with Crippen LogP contribution in [-0.4, -0.2) is 20.9 Å². The van der Waals surface area contributed by atoms with Gasteiger partial charge in [0, 0.05) is 22.8 Å². The van der Waals surface area contributed by atoms with Gasteiger partial charge in [0.25, 0.3) is 15.0 Å². The maximum Gasteiger partial charge on any atom is 0.262 e. The number of nitrogens with one attached hydrogen (secondary N) is 1. The van der Waals surface area contributed by atoms with E-state index in [9.17, 15) is 13.2 Å². The quantitative estimate of drug-likeness (QED) is 0.841. The van der Waals surface area contributed by atoms with Crippen LogP contribution in [0.3, 0.4) is 0 Å². The Hall–Kier alpha value is -0.780. The van der Waals surface area contributed by atoms with Gasteiger partial charge in [-0.25, -0.2) is 8.42 Å². The molecular formula is C13H15Cl2NO3S. The molecule has 1 aromatic carbocycles. The van der Waals surface area contributed by atoms with Crippen molar-refractivity contribution in [3.63, 3.8) is 0 Å². The van der Waals surface area contributed by atoms with Gasteiger partial charge in [-0.3, -0.25) is 4.79 Å². The van der Waals surface area contributed by atoms with Crippen molar-refractivity contribution in [3.05, 3.63) is 28.3 Å². The summed E-state index contributed by atoms with van der Waals surface area (Å²) in [6.45, 7) is 2.23. The lowest BCUT2D eigenvalue weighted by Crippen LogP contribution is -2.25. The van der Waals surface area contributed by atoms with Gasteiger partial charge in [0.05, 0.1) is 5.02 Å². The molecule has 1 fully saturated rings. The summed E-state index contributed by atoms with van der Waals surface area (Å²) in [7, 11) is 1.35. The fourth-order valence-corrected chi connectivity index (χ4v) is 3.48. The molecule has 0 spiro atoms. The fraction of sp³-hybridized carbons (Fsp3) is 0.462. The number of hydrogen-bond acceptors (Lipinski definition) is 3. The normalized spacial score (nSPS) is 15.2. The molecule has 0 radical (unpaired) electrons. The highest BCUT2D eigenvalue weighted by atomic mass is 35.7. The van der Waals surface area contributed by atoms with Gasteiger partial charge in [-0.15, -0.1) is 0 Å². The van der Waals surface area contributed by atoms with E-state index >= 15 is 0 Å². The fourth-order valence-electron chi connectivity index (χ4n) is 1.94. The van der Waals surface area contributed by atoms with E-state index in [4.69, 9.17) is 22.3 Å². The molecule has 20 heavy (non-hydrogen) atoms. The van der Waals surface area contributed by atoms with E-state index in [2.05, 4.69) is 5.32 Å². The van der Waals surface area contributed by atoms with Crippen LogP contribution in [0.1, 0.15) is 35.2 Å². The van der Waals surface area contributed by atoms with Gasteiger partial charge in [0.1, 0.15) is 4.90 Å². The summed E-state index contributed by atoms with van der Waals surface area (Å²) in [5.74, 6) is 0.410. The van der Waals surface area contributed by atoms with Crippen molar-refractivity contribution in [3.8, 4) is 0 Å². The Kier molecular flexibility index (Phi) is 4.62. The molecule has 0 heterocycles. The Morgan fingerprint density at radius 1 is 1.40 bits per heavy atom. The highest BCUT2D eigenvalue weighted by Crippen LogP contribution is 2.32. The number of hydrogen-bond donors (Lipinski definition) is 1. The summed E-state index contributed by atoms with van der Waals surface area (Å²) in [4.78, 5) is 11.8. The molecule has 7 heteroatoms. The van der Waals surface area contributed by atoms with Crippen LogP contribution in [-0.2, 0) is 9.05 Å². The van der Waals surface area contributed by atoms with Crippen LogP contribution in [0, 0.1) is 12.8 Å². The number of halogens is 2. The standard InChI is InChI=1S/C13H15Cl2NO3S/c1-8-6-10(7-11(12(8)14)20(15,18)19)13(17)16-5-4-9-2-3-9/h6-7,9H,2-5H2,1H3,(H,16,17). The van der Waals surface area contributed by atoms with E-state index in [0.29, 0.717) is 12.1 Å². The lowest BCUT2D eigenvalue weighted by Gasteiger charge is -2.09. The maximum atomic E-state index is 12.0. The molecule has 0 atom stereocenters. The van der Waals surface area contributed by atoms with E-state index in [1.54, 1.807) is 13.0 Å². The smallest absolute Gasteiger partial charge is 0.262 e. The minimum absolute atomic E-state index is 0.0505. The molecule has 1 saturated carbocycles. The first-order chi connectivity index (χ1) is 9.29. The van der Waals surface area contributed by atoms with Crippen LogP contribution < -0.4 is 5.32 Å². The zero-order valence-corrected chi connectivity index (χ0v) is 13.3. The van der Waals surface area contributed by atoms with Crippen LogP contribution >= 0.6 is 22.3 Å². The summed E-state index contributed by atoms with van der Waals surface area (Å²) >= 11 is 5.91. The minimum atomic E-state index is -3.98. The predicted molar refractivity (Wildman–Crippen MR) is 78.9 cm³/mol. The molecule has 0 saturated heterocycles. The maximum absolute atomic E-state index is 12.0. The third-order valence-electron chi connectivity index (χ3n) is 3.28. The minimum Gasteiger partial charge on any atom is -0.352 e. The second-order valence-corrected chi connectivity index (χ2v) is 7.94. The number of rotatable bonds is 5. The summed E-state index contributed by atoms with van der Waals surface area (Å²) < 4.78 is 22.9. The second-order valence-electron chi connectivity index (χ2n) is 5.03. The summed E-state index contributed by atoms with van der Waals surface area (Å²) in [6.07, 6.45) is 3.41. The second kappa shape index (κ2) is 5.92. The molecule has 1 amide bonds. The molecule has 2 rings (SSSR count). The number of benzene rings is 1. The molecular weight excluding hydrogens is 321 g/mol. The highest BCUT2D eigenvalue weighted by molar-refractivity contribution is 8.13. The van der Waals surface area contributed by atoms with Crippen LogP contribution in [0.5, 0.6) is 0 Å². The lowest BCUT2D eigenvalue weighted by atomic mass is 10.1. The van der Waals surface area contributed by atoms with E-state index in [1.807, 2.05) is 0 Å². The van der Waals surface area contributed by atoms with Crippen molar-refractivity contribution in [2.75, 3.05) is 6.54 Å². The van der Waals surface area contributed by atoms with Crippen molar-refractivity contribution in [2.24, 2.45) is 5.92 Å². The Bertz CT molecular complexity index is 639. The summed E-state index contributed by atoms with van der Waals surface area (Å²) in [5, 5.41) is 2.83.